The third-order valence-corrected chi connectivity index (χ3v) is 15.1. The largest absolute Gasteiger partial charge is 0.573 e. The van der Waals surface area contributed by atoms with E-state index in [4.69, 9.17) is 9.16 Å². The van der Waals surface area contributed by atoms with E-state index in [0.29, 0.717) is 18.4 Å². The quantitative estimate of drug-likeness (QED) is 0.164. The summed E-state index contributed by atoms with van der Waals surface area (Å²) in [4.78, 5) is 55.7. The van der Waals surface area contributed by atoms with Crippen molar-refractivity contribution in [2.75, 3.05) is 13.1 Å². The first-order valence-electron chi connectivity index (χ1n) is 19.5. The molecule has 2 aromatic carbocycles. The number of nitrogens with one attached hydrogen (secondary N) is 2. The Labute approximate surface area is 331 Å². The summed E-state index contributed by atoms with van der Waals surface area (Å²) in [7, 11) is -2.61. The van der Waals surface area contributed by atoms with Crippen LogP contribution in [0.3, 0.4) is 0 Å². The van der Waals surface area contributed by atoms with Crippen LogP contribution in [0, 0.1) is 11.8 Å². The molecule has 3 unspecified atom stereocenters. The van der Waals surface area contributed by atoms with Gasteiger partial charge >= 0.3 is 12.5 Å². The number of halogens is 3. The zero-order valence-corrected chi connectivity index (χ0v) is 35.7. The average molecular weight is 806 g/mol. The minimum atomic E-state index is -4.87. The zero-order valence-electron chi connectivity index (χ0n) is 34.7. The van der Waals surface area contributed by atoms with Crippen molar-refractivity contribution < 1.29 is 46.2 Å². The summed E-state index contributed by atoms with van der Waals surface area (Å²) in [6, 6.07) is 13.4. The number of alkyl halides is 3. The predicted octanol–water partition coefficient (Wildman–Crippen LogP) is 8.38. The summed E-state index contributed by atoms with van der Waals surface area (Å²) in [5, 5.41) is 5.85. The van der Waals surface area contributed by atoms with E-state index in [1.54, 1.807) is 25.7 Å². The Kier molecular flexibility index (Phi) is 16.2. The number of Topliss-reactive ketones (excluding diaryl/α,β-unsaturated/α-hetero) is 1. The fraction of sp³-hybridized carbons (Fsp3) is 0.619. The lowest BCUT2D eigenvalue weighted by Gasteiger charge is -2.42. The van der Waals surface area contributed by atoms with Gasteiger partial charge in [-0.2, -0.15) is 0 Å². The van der Waals surface area contributed by atoms with Gasteiger partial charge in [-0.25, -0.2) is 4.79 Å². The summed E-state index contributed by atoms with van der Waals surface area (Å²) in [6.45, 7) is 20.1. The molecule has 0 radical (unpaired) electrons. The van der Waals surface area contributed by atoms with Gasteiger partial charge in [-0.15, -0.1) is 13.2 Å². The van der Waals surface area contributed by atoms with Gasteiger partial charge in [0.25, 0.3) is 0 Å². The van der Waals surface area contributed by atoms with Crippen molar-refractivity contribution in [1.82, 2.24) is 15.5 Å². The molecule has 0 saturated carbocycles. The van der Waals surface area contributed by atoms with Gasteiger partial charge in [-0.05, 0) is 87.3 Å². The van der Waals surface area contributed by atoms with E-state index in [1.165, 1.54) is 24.3 Å². The molecule has 0 spiro atoms. The van der Waals surface area contributed by atoms with Crippen molar-refractivity contribution in [3.63, 3.8) is 0 Å². The lowest BCUT2D eigenvalue weighted by Crippen LogP contribution is -2.56. The van der Waals surface area contributed by atoms with Crippen LogP contribution in [0.4, 0.5) is 18.0 Å². The normalized spacial score (nSPS) is 16.9. The highest BCUT2D eigenvalue weighted by Gasteiger charge is 2.43. The van der Waals surface area contributed by atoms with E-state index in [9.17, 15) is 32.3 Å². The molecule has 14 heteroatoms. The van der Waals surface area contributed by atoms with Crippen molar-refractivity contribution in [3.8, 4) is 5.75 Å². The molecule has 3 amide bonds. The minimum absolute atomic E-state index is 0.0830. The van der Waals surface area contributed by atoms with E-state index >= 15 is 0 Å². The van der Waals surface area contributed by atoms with E-state index in [-0.39, 0.29) is 61.4 Å². The van der Waals surface area contributed by atoms with Crippen LogP contribution < -0.4 is 15.4 Å². The average Bonchev–Trinajstić information content (AvgIpc) is 3.08. The van der Waals surface area contributed by atoms with Crippen LogP contribution in [0.15, 0.2) is 54.6 Å². The number of ketones is 1. The molecule has 312 valence electrons. The van der Waals surface area contributed by atoms with Gasteiger partial charge in [0.1, 0.15) is 23.2 Å². The third kappa shape index (κ3) is 14.9. The molecule has 5 atom stereocenters. The maximum atomic E-state index is 14.7. The van der Waals surface area contributed by atoms with Crippen molar-refractivity contribution in [2.45, 2.75) is 142 Å². The van der Waals surface area contributed by atoms with Crippen molar-refractivity contribution in [3.05, 3.63) is 65.7 Å². The van der Waals surface area contributed by atoms with Crippen LogP contribution >= 0.6 is 0 Å². The molecule has 2 N–H and O–H groups in total. The molecular weight excluding hydrogens is 744 g/mol. The van der Waals surface area contributed by atoms with Gasteiger partial charge in [0, 0.05) is 31.8 Å². The molecule has 56 heavy (non-hydrogen) atoms. The first-order chi connectivity index (χ1) is 25.9. The third-order valence-electron chi connectivity index (χ3n) is 10.6. The Balaban J connectivity index is 2.12. The highest BCUT2D eigenvalue weighted by molar-refractivity contribution is 6.74. The van der Waals surface area contributed by atoms with Crippen LogP contribution in [0.2, 0.25) is 18.1 Å². The topological polar surface area (TPSA) is 123 Å². The molecule has 2 aromatic rings. The van der Waals surface area contributed by atoms with Gasteiger partial charge in [0.15, 0.2) is 8.32 Å². The molecule has 3 rings (SSSR count). The maximum Gasteiger partial charge on any atom is 0.573 e. The molecule has 1 heterocycles. The highest BCUT2D eigenvalue weighted by atomic mass is 28.4. The summed E-state index contributed by atoms with van der Waals surface area (Å²) < 4.78 is 55.9. The molecule has 1 aliphatic rings. The summed E-state index contributed by atoms with van der Waals surface area (Å²) >= 11 is 0. The molecule has 1 saturated heterocycles. The van der Waals surface area contributed by atoms with Crippen molar-refractivity contribution in [2.24, 2.45) is 11.8 Å². The van der Waals surface area contributed by atoms with E-state index < -0.39 is 62.1 Å². The Morgan fingerprint density at radius 3 is 1.95 bits per heavy atom. The molecular formula is C42H62F3N3O7Si. The van der Waals surface area contributed by atoms with E-state index in [1.807, 2.05) is 44.2 Å². The summed E-state index contributed by atoms with van der Waals surface area (Å²) in [5.74, 6) is -2.12. The summed E-state index contributed by atoms with van der Waals surface area (Å²) in [6.07, 6.45) is -4.64. The highest BCUT2D eigenvalue weighted by Crippen LogP contribution is 2.39. The standard InChI is InChI=1S/C42H62F3N3O7Si/c1-11-28(2)36(38(51)48-23-21-32(49)22-24-48)47-37(50)31(25-30-17-19-33(20-18-30)53-42(43,44)45)27-35(55-56(9,10)41(6,7)8)34(26-29-15-13-12-14-16-29)46-39(52)54-40(3,4)5/h12-20,28,31,34-36H,11,21-27H2,1-10H3,(H,46,52)(H,47,50)/t28-,31?,34?,35?,36-/m0/s1. The van der Waals surface area contributed by atoms with Gasteiger partial charge in [0.2, 0.25) is 11.8 Å². The number of alkyl carbamates (subject to hydrolysis) is 1. The van der Waals surface area contributed by atoms with Gasteiger partial charge in [-0.3, -0.25) is 14.4 Å². The summed E-state index contributed by atoms with van der Waals surface area (Å²) in [5.41, 5.74) is 0.688. The van der Waals surface area contributed by atoms with Crippen LogP contribution in [0.1, 0.15) is 92.2 Å². The number of carbonyl (C=O) groups is 4. The van der Waals surface area contributed by atoms with Crippen molar-refractivity contribution >= 4 is 32.0 Å². The molecule has 0 aliphatic carbocycles. The van der Waals surface area contributed by atoms with Crippen LogP contribution in [0.5, 0.6) is 5.75 Å². The lowest BCUT2D eigenvalue weighted by molar-refractivity contribution is -0.274. The molecule has 1 aliphatic heterocycles. The molecule has 0 bridgehead atoms. The molecule has 10 nitrogen and oxygen atoms in total. The Bertz CT molecular complexity index is 1600. The van der Waals surface area contributed by atoms with Gasteiger partial charge in [0.05, 0.1) is 12.1 Å². The van der Waals surface area contributed by atoms with Gasteiger partial charge < -0.3 is 29.4 Å². The molecule has 0 aromatic heterocycles. The number of hydrogen-bond donors (Lipinski definition) is 2. The maximum absolute atomic E-state index is 14.7. The monoisotopic (exact) mass is 805 g/mol. The Morgan fingerprint density at radius 2 is 1.43 bits per heavy atom. The van der Waals surface area contributed by atoms with Crippen LogP contribution in [-0.4, -0.2) is 80.1 Å². The lowest BCUT2D eigenvalue weighted by atomic mass is 9.87. The Hall–Kier alpha value is -3.91. The van der Waals surface area contributed by atoms with Crippen molar-refractivity contribution in [1.29, 1.82) is 0 Å². The number of carbonyl (C=O) groups excluding carboxylic acids is 4. The van der Waals surface area contributed by atoms with Crippen LogP contribution in [-0.2, 0) is 36.4 Å². The number of rotatable bonds is 16. The van der Waals surface area contributed by atoms with E-state index in [2.05, 4.69) is 49.2 Å². The fourth-order valence-electron chi connectivity index (χ4n) is 6.25. The second-order valence-corrected chi connectivity index (χ2v) is 22.2. The first-order valence-corrected chi connectivity index (χ1v) is 22.4. The van der Waals surface area contributed by atoms with Crippen LogP contribution in [0.25, 0.3) is 0 Å². The first kappa shape index (κ1) is 46.5. The number of likely N-dealkylation sites (tertiary alicyclic amines) is 1. The number of benzene rings is 2. The number of nitrogens with zero attached hydrogens (tertiary/aromatic N) is 1. The molecule has 1 fully saturated rings. The fourth-order valence-corrected chi connectivity index (χ4v) is 7.63. The number of amides is 3. The van der Waals surface area contributed by atoms with E-state index in [0.717, 1.165) is 5.56 Å². The van der Waals surface area contributed by atoms with Gasteiger partial charge in [-0.1, -0.05) is 83.5 Å². The Morgan fingerprint density at radius 1 is 0.857 bits per heavy atom. The SMILES string of the molecule is CC[C@H](C)[C@H](NC(=O)C(Cc1ccc(OC(F)(F)F)cc1)CC(O[Si](C)(C)C(C)(C)C)C(Cc1ccccc1)NC(=O)OC(C)(C)C)C(=O)N1CCC(=O)CC1. The second-order valence-electron chi connectivity index (χ2n) is 17.4. The predicted molar refractivity (Wildman–Crippen MR) is 213 cm³/mol. The second kappa shape index (κ2) is 19.5. The number of hydrogen-bond acceptors (Lipinski definition) is 7. The smallest absolute Gasteiger partial charge is 0.444 e. The minimum Gasteiger partial charge on any atom is -0.444 e. The number of ether oxygens (including phenoxy) is 2. The zero-order chi connectivity index (χ0) is 42.1. The number of piperidine rings is 1.